The first-order valence-corrected chi connectivity index (χ1v) is 5.96. The maximum absolute atomic E-state index is 11.9. The van der Waals surface area contributed by atoms with E-state index in [0.717, 1.165) is 16.8 Å². The van der Waals surface area contributed by atoms with Gasteiger partial charge >= 0.3 is 0 Å². The fourth-order valence-electron chi connectivity index (χ4n) is 1.76. The third-order valence-electron chi connectivity index (χ3n) is 2.76. The second-order valence-electron chi connectivity index (χ2n) is 4.46. The fourth-order valence-corrected chi connectivity index (χ4v) is 1.76. The Morgan fingerprint density at radius 1 is 1.39 bits per heavy atom. The molecule has 0 saturated heterocycles. The van der Waals surface area contributed by atoms with Gasteiger partial charge in [0.05, 0.1) is 12.6 Å². The highest BCUT2D eigenvalue weighted by molar-refractivity contribution is 5.93. The Labute approximate surface area is 108 Å². The van der Waals surface area contributed by atoms with Crippen molar-refractivity contribution in [2.24, 2.45) is 0 Å². The van der Waals surface area contributed by atoms with E-state index >= 15 is 0 Å². The van der Waals surface area contributed by atoms with Gasteiger partial charge in [0.15, 0.2) is 0 Å². The van der Waals surface area contributed by atoms with E-state index in [-0.39, 0.29) is 5.91 Å². The van der Waals surface area contributed by atoms with Crippen LogP contribution in [0.4, 0.5) is 5.69 Å². The number of anilines is 1. The van der Waals surface area contributed by atoms with Crippen LogP contribution >= 0.6 is 0 Å². The molecular formula is C14H19N3O. The Morgan fingerprint density at radius 3 is 2.56 bits per heavy atom. The molecule has 96 valence electrons. The van der Waals surface area contributed by atoms with Crippen molar-refractivity contribution in [2.45, 2.75) is 20.3 Å². The van der Waals surface area contributed by atoms with Gasteiger partial charge in [0, 0.05) is 18.7 Å². The zero-order valence-electron chi connectivity index (χ0n) is 11.2. The van der Waals surface area contributed by atoms with Crippen molar-refractivity contribution in [3.8, 4) is 6.07 Å². The number of likely N-dealkylation sites (N-methyl/N-ethyl adjacent to an activating group) is 1. The number of nitriles is 1. The third-order valence-corrected chi connectivity index (χ3v) is 2.76. The first-order valence-electron chi connectivity index (χ1n) is 5.96. The SMILES string of the molecule is Cc1cccc(C)c1NC(=O)CN(C)CCC#N. The highest BCUT2D eigenvalue weighted by Crippen LogP contribution is 2.19. The lowest BCUT2D eigenvalue weighted by molar-refractivity contribution is -0.117. The van der Waals surface area contributed by atoms with Gasteiger partial charge in [0.25, 0.3) is 0 Å². The lowest BCUT2D eigenvalue weighted by Crippen LogP contribution is -2.31. The molecule has 1 aromatic carbocycles. The summed E-state index contributed by atoms with van der Waals surface area (Å²) in [6, 6.07) is 7.99. The van der Waals surface area contributed by atoms with Crippen molar-refractivity contribution in [3.63, 3.8) is 0 Å². The summed E-state index contributed by atoms with van der Waals surface area (Å²) in [5.41, 5.74) is 3.00. The minimum atomic E-state index is -0.0483. The Morgan fingerprint density at radius 2 is 2.00 bits per heavy atom. The summed E-state index contributed by atoms with van der Waals surface area (Å²) in [6.07, 6.45) is 0.438. The predicted octanol–water partition coefficient (Wildman–Crippen LogP) is 2.09. The number of para-hydroxylation sites is 1. The van der Waals surface area contributed by atoms with Crippen LogP contribution in [0, 0.1) is 25.2 Å². The summed E-state index contributed by atoms with van der Waals surface area (Å²) in [7, 11) is 1.83. The molecule has 4 nitrogen and oxygen atoms in total. The van der Waals surface area contributed by atoms with Gasteiger partial charge in [0.2, 0.25) is 5.91 Å². The molecule has 0 saturated carbocycles. The predicted molar refractivity (Wildman–Crippen MR) is 72.3 cm³/mol. The van der Waals surface area contributed by atoms with Crippen LogP contribution in [0.5, 0.6) is 0 Å². The van der Waals surface area contributed by atoms with Gasteiger partial charge in [-0.05, 0) is 32.0 Å². The standard InChI is InChI=1S/C14H19N3O/c1-11-6-4-7-12(2)14(11)16-13(18)10-17(3)9-5-8-15/h4,6-7H,5,9-10H2,1-3H3,(H,16,18). The molecule has 0 spiro atoms. The minimum absolute atomic E-state index is 0.0483. The molecule has 0 radical (unpaired) electrons. The summed E-state index contributed by atoms with van der Waals surface area (Å²) in [5, 5.41) is 11.4. The van der Waals surface area contributed by atoms with Crippen LogP contribution in [-0.4, -0.2) is 30.9 Å². The van der Waals surface area contributed by atoms with E-state index in [9.17, 15) is 4.79 Å². The average Bonchev–Trinajstić information content (AvgIpc) is 2.31. The number of hydrogen-bond acceptors (Lipinski definition) is 3. The van der Waals surface area contributed by atoms with Gasteiger partial charge in [-0.25, -0.2) is 0 Å². The highest BCUT2D eigenvalue weighted by Gasteiger charge is 2.09. The van der Waals surface area contributed by atoms with Crippen molar-refractivity contribution >= 4 is 11.6 Å². The number of rotatable bonds is 5. The van der Waals surface area contributed by atoms with E-state index in [0.29, 0.717) is 19.5 Å². The molecular weight excluding hydrogens is 226 g/mol. The molecule has 0 aromatic heterocycles. The molecule has 0 bridgehead atoms. The van der Waals surface area contributed by atoms with E-state index in [1.165, 1.54) is 0 Å². The van der Waals surface area contributed by atoms with Crippen LogP contribution < -0.4 is 5.32 Å². The van der Waals surface area contributed by atoms with Crippen LogP contribution in [0.1, 0.15) is 17.5 Å². The number of carbonyl (C=O) groups is 1. The molecule has 4 heteroatoms. The van der Waals surface area contributed by atoms with Crippen LogP contribution in [-0.2, 0) is 4.79 Å². The Balaban J connectivity index is 2.57. The van der Waals surface area contributed by atoms with Gasteiger partial charge in [-0.1, -0.05) is 18.2 Å². The lowest BCUT2D eigenvalue weighted by atomic mass is 10.1. The lowest BCUT2D eigenvalue weighted by Gasteiger charge is -2.16. The Hall–Kier alpha value is -1.86. The first kappa shape index (κ1) is 14.2. The largest absolute Gasteiger partial charge is 0.324 e. The van der Waals surface area contributed by atoms with Gasteiger partial charge in [-0.3, -0.25) is 9.69 Å². The zero-order valence-corrected chi connectivity index (χ0v) is 11.2. The number of carbonyl (C=O) groups excluding carboxylic acids is 1. The van der Waals surface area contributed by atoms with Crippen molar-refractivity contribution in [2.75, 3.05) is 25.5 Å². The third kappa shape index (κ3) is 4.19. The van der Waals surface area contributed by atoms with Gasteiger partial charge in [-0.2, -0.15) is 5.26 Å². The van der Waals surface area contributed by atoms with E-state index in [1.807, 2.05) is 44.0 Å². The van der Waals surface area contributed by atoms with Crippen molar-refractivity contribution in [1.82, 2.24) is 4.90 Å². The number of nitrogens with zero attached hydrogens (tertiary/aromatic N) is 2. The van der Waals surface area contributed by atoms with Crippen molar-refractivity contribution in [3.05, 3.63) is 29.3 Å². The number of nitrogens with one attached hydrogen (secondary N) is 1. The van der Waals surface area contributed by atoms with Crippen molar-refractivity contribution < 1.29 is 4.79 Å². The zero-order chi connectivity index (χ0) is 13.5. The van der Waals surface area contributed by atoms with Crippen LogP contribution in [0.25, 0.3) is 0 Å². The maximum Gasteiger partial charge on any atom is 0.238 e. The van der Waals surface area contributed by atoms with Gasteiger partial charge < -0.3 is 5.32 Å². The number of benzene rings is 1. The number of hydrogen-bond donors (Lipinski definition) is 1. The van der Waals surface area contributed by atoms with Crippen LogP contribution in [0.3, 0.4) is 0 Å². The second kappa shape index (κ2) is 6.77. The molecule has 1 amide bonds. The molecule has 0 aliphatic rings. The molecule has 0 heterocycles. The summed E-state index contributed by atoms with van der Waals surface area (Å²) in [4.78, 5) is 13.7. The monoisotopic (exact) mass is 245 g/mol. The van der Waals surface area contributed by atoms with E-state index in [2.05, 4.69) is 11.4 Å². The minimum Gasteiger partial charge on any atom is -0.324 e. The Kier molecular flexibility index (Phi) is 5.34. The van der Waals surface area contributed by atoms with Crippen molar-refractivity contribution in [1.29, 1.82) is 5.26 Å². The molecule has 1 N–H and O–H groups in total. The summed E-state index contributed by atoms with van der Waals surface area (Å²) >= 11 is 0. The van der Waals surface area contributed by atoms with Crippen LogP contribution in [0.2, 0.25) is 0 Å². The van der Waals surface area contributed by atoms with Crippen LogP contribution in [0.15, 0.2) is 18.2 Å². The number of amides is 1. The molecule has 1 aromatic rings. The summed E-state index contributed by atoms with van der Waals surface area (Å²) in [5.74, 6) is -0.0483. The normalized spacial score (nSPS) is 10.2. The summed E-state index contributed by atoms with van der Waals surface area (Å²) < 4.78 is 0. The molecule has 0 unspecified atom stereocenters. The number of aryl methyl sites for hydroxylation is 2. The highest BCUT2D eigenvalue weighted by atomic mass is 16.2. The topological polar surface area (TPSA) is 56.1 Å². The maximum atomic E-state index is 11.9. The molecule has 0 fully saturated rings. The average molecular weight is 245 g/mol. The van der Waals surface area contributed by atoms with Gasteiger partial charge in [0.1, 0.15) is 0 Å². The van der Waals surface area contributed by atoms with E-state index < -0.39 is 0 Å². The molecule has 0 aliphatic heterocycles. The molecule has 18 heavy (non-hydrogen) atoms. The van der Waals surface area contributed by atoms with E-state index in [4.69, 9.17) is 5.26 Å². The second-order valence-corrected chi connectivity index (χ2v) is 4.46. The Bertz CT molecular complexity index is 442. The molecule has 0 aliphatic carbocycles. The van der Waals surface area contributed by atoms with E-state index in [1.54, 1.807) is 0 Å². The first-order chi connectivity index (χ1) is 8.54. The smallest absolute Gasteiger partial charge is 0.238 e. The van der Waals surface area contributed by atoms with Gasteiger partial charge in [-0.15, -0.1) is 0 Å². The fraction of sp³-hybridized carbons (Fsp3) is 0.429. The quantitative estimate of drug-likeness (QED) is 0.864. The summed E-state index contributed by atoms with van der Waals surface area (Å²) in [6.45, 7) is 4.86. The molecule has 1 rings (SSSR count). The molecule has 0 atom stereocenters.